The average Bonchev–Trinajstić information content (AvgIpc) is 2.54. The summed E-state index contributed by atoms with van der Waals surface area (Å²) in [6.07, 6.45) is 1.57. The van der Waals surface area contributed by atoms with E-state index in [1.807, 2.05) is 12.1 Å². The molecule has 2 rings (SSSR count). The van der Waals surface area contributed by atoms with Crippen LogP contribution < -0.4 is 11.1 Å². The number of pyridine rings is 2. The molecule has 2 aromatic rings. The van der Waals surface area contributed by atoms with Gasteiger partial charge in [0, 0.05) is 6.20 Å². The summed E-state index contributed by atoms with van der Waals surface area (Å²) in [6.45, 7) is 0. The van der Waals surface area contributed by atoms with E-state index in [9.17, 15) is 4.79 Å². The summed E-state index contributed by atoms with van der Waals surface area (Å²) in [4.78, 5) is 19.8. The van der Waals surface area contributed by atoms with Gasteiger partial charge >= 0.3 is 0 Å². The average molecular weight is 310 g/mol. The molecule has 0 radical (unpaired) electrons. The number of carbonyl (C=O) groups excluding carboxylic acids is 1. The second kappa shape index (κ2) is 7.07. The number of nitrogens with two attached hydrogens (primary N) is 1. The maximum Gasteiger partial charge on any atom is 0.235 e. The van der Waals surface area contributed by atoms with Crippen LogP contribution in [0.15, 0.2) is 35.5 Å². The SMILES string of the molecule is N#Cc1cc(C#N)c(SCC(=O)Nc2ccccn2)nc1N. The minimum absolute atomic E-state index is 0.0362. The Hall–Kier alpha value is -3.10. The molecule has 108 valence electrons. The van der Waals surface area contributed by atoms with E-state index >= 15 is 0 Å². The van der Waals surface area contributed by atoms with Crippen LogP contribution in [0.25, 0.3) is 0 Å². The van der Waals surface area contributed by atoms with Crippen LogP contribution in [0.5, 0.6) is 0 Å². The standard InChI is InChI=1S/C14H10N6OS/c15-6-9-5-10(7-16)14(20-13(9)17)22-8-12(21)19-11-3-1-2-4-18-11/h1-5H,8H2,(H2,17,20)(H,18,19,21). The van der Waals surface area contributed by atoms with Crippen molar-refractivity contribution in [1.82, 2.24) is 9.97 Å². The zero-order valence-electron chi connectivity index (χ0n) is 11.3. The summed E-state index contributed by atoms with van der Waals surface area (Å²) in [5.74, 6) is 0.246. The monoisotopic (exact) mass is 310 g/mol. The number of nitrogen functional groups attached to an aromatic ring is 1. The van der Waals surface area contributed by atoms with Gasteiger partial charge in [-0.2, -0.15) is 10.5 Å². The van der Waals surface area contributed by atoms with E-state index in [2.05, 4.69) is 15.3 Å². The van der Waals surface area contributed by atoms with Crippen molar-refractivity contribution in [3.63, 3.8) is 0 Å². The number of aromatic nitrogens is 2. The number of hydrogen-bond donors (Lipinski definition) is 2. The number of amides is 1. The van der Waals surface area contributed by atoms with Gasteiger partial charge in [-0.25, -0.2) is 9.97 Å². The van der Waals surface area contributed by atoms with Crippen LogP contribution in [0, 0.1) is 22.7 Å². The summed E-state index contributed by atoms with van der Waals surface area (Å²) in [5, 5.41) is 20.9. The van der Waals surface area contributed by atoms with Gasteiger partial charge < -0.3 is 11.1 Å². The molecule has 0 aliphatic rings. The predicted molar refractivity (Wildman–Crippen MR) is 81.7 cm³/mol. The van der Waals surface area contributed by atoms with Gasteiger partial charge in [-0.15, -0.1) is 0 Å². The van der Waals surface area contributed by atoms with E-state index in [0.717, 1.165) is 11.8 Å². The third-order valence-corrected chi connectivity index (χ3v) is 3.52. The van der Waals surface area contributed by atoms with Gasteiger partial charge in [-0.1, -0.05) is 17.8 Å². The van der Waals surface area contributed by atoms with E-state index in [-0.39, 0.29) is 28.6 Å². The number of anilines is 2. The van der Waals surface area contributed by atoms with Crippen LogP contribution in [0.3, 0.4) is 0 Å². The number of hydrogen-bond acceptors (Lipinski definition) is 7. The van der Waals surface area contributed by atoms with Crippen LogP contribution in [0.1, 0.15) is 11.1 Å². The lowest BCUT2D eigenvalue weighted by atomic mass is 10.2. The van der Waals surface area contributed by atoms with Gasteiger partial charge in [-0.05, 0) is 18.2 Å². The molecule has 3 N–H and O–H groups in total. The third-order valence-electron chi connectivity index (χ3n) is 2.53. The first kappa shape index (κ1) is 15.3. The Morgan fingerprint density at radius 3 is 2.73 bits per heavy atom. The van der Waals surface area contributed by atoms with Gasteiger partial charge in [-0.3, -0.25) is 4.79 Å². The second-order valence-corrected chi connectivity index (χ2v) is 5.01. The van der Waals surface area contributed by atoms with Crippen molar-refractivity contribution in [3.05, 3.63) is 41.6 Å². The first-order valence-corrected chi connectivity index (χ1v) is 7.07. The van der Waals surface area contributed by atoms with Crippen molar-refractivity contribution >= 4 is 29.3 Å². The van der Waals surface area contributed by atoms with Gasteiger partial charge in [0.25, 0.3) is 0 Å². The highest BCUT2D eigenvalue weighted by molar-refractivity contribution is 8.00. The molecule has 0 fully saturated rings. The lowest BCUT2D eigenvalue weighted by Gasteiger charge is -2.06. The Balaban J connectivity index is 2.06. The van der Waals surface area contributed by atoms with Crippen molar-refractivity contribution in [2.75, 3.05) is 16.8 Å². The Morgan fingerprint density at radius 1 is 1.32 bits per heavy atom. The number of carbonyl (C=O) groups is 1. The van der Waals surface area contributed by atoms with Crippen LogP contribution in [-0.4, -0.2) is 21.6 Å². The number of nitrogens with zero attached hydrogens (tertiary/aromatic N) is 4. The molecule has 0 bridgehead atoms. The summed E-state index contributed by atoms with van der Waals surface area (Å²) in [7, 11) is 0. The minimum Gasteiger partial charge on any atom is -0.383 e. The Bertz CT molecular complexity index is 778. The van der Waals surface area contributed by atoms with Crippen LogP contribution >= 0.6 is 11.8 Å². The molecule has 0 saturated carbocycles. The van der Waals surface area contributed by atoms with Crippen LogP contribution in [0.2, 0.25) is 0 Å². The molecule has 8 heteroatoms. The Labute approximate surface area is 130 Å². The smallest absolute Gasteiger partial charge is 0.235 e. The molecule has 0 unspecified atom stereocenters. The number of rotatable bonds is 4. The predicted octanol–water partition coefficient (Wildman–Crippen LogP) is 1.53. The van der Waals surface area contributed by atoms with E-state index < -0.39 is 0 Å². The topological polar surface area (TPSA) is 128 Å². The lowest BCUT2D eigenvalue weighted by Crippen LogP contribution is -2.15. The van der Waals surface area contributed by atoms with Gasteiger partial charge in [0.2, 0.25) is 5.91 Å². The zero-order chi connectivity index (χ0) is 15.9. The van der Waals surface area contributed by atoms with Crippen molar-refractivity contribution in [1.29, 1.82) is 10.5 Å². The molecule has 0 aromatic carbocycles. The molecule has 1 amide bonds. The van der Waals surface area contributed by atoms with Crippen LogP contribution in [0.4, 0.5) is 11.6 Å². The highest BCUT2D eigenvalue weighted by Crippen LogP contribution is 2.23. The largest absolute Gasteiger partial charge is 0.383 e. The molecule has 0 aliphatic heterocycles. The minimum atomic E-state index is -0.280. The molecule has 2 heterocycles. The number of thioether (sulfide) groups is 1. The molecule has 22 heavy (non-hydrogen) atoms. The summed E-state index contributed by atoms with van der Waals surface area (Å²) >= 11 is 1.07. The first-order valence-electron chi connectivity index (χ1n) is 6.08. The van der Waals surface area contributed by atoms with Gasteiger partial charge in [0.15, 0.2) is 0 Å². The Morgan fingerprint density at radius 2 is 2.09 bits per heavy atom. The molecular weight excluding hydrogens is 300 g/mol. The number of nitrogens with one attached hydrogen (secondary N) is 1. The molecule has 0 spiro atoms. The summed E-state index contributed by atoms with van der Waals surface area (Å²) in [5.41, 5.74) is 5.97. The van der Waals surface area contributed by atoms with E-state index in [0.29, 0.717) is 10.8 Å². The molecular formula is C14H10N6OS. The quantitative estimate of drug-likeness (QED) is 0.819. The van der Waals surface area contributed by atoms with Crippen molar-refractivity contribution in [2.45, 2.75) is 5.03 Å². The highest BCUT2D eigenvalue weighted by Gasteiger charge is 2.12. The first-order chi connectivity index (χ1) is 10.6. The van der Waals surface area contributed by atoms with Crippen molar-refractivity contribution in [2.24, 2.45) is 0 Å². The zero-order valence-corrected chi connectivity index (χ0v) is 12.1. The third kappa shape index (κ3) is 3.72. The maximum absolute atomic E-state index is 11.8. The fourth-order valence-electron chi connectivity index (χ4n) is 1.54. The van der Waals surface area contributed by atoms with Crippen LogP contribution in [-0.2, 0) is 4.79 Å². The van der Waals surface area contributed by atoms with Gasteiger partial charge in [0.05, 0.1) is 16.9 Å². The normalized spacial score (nSPS) is 9.55. The summed E-state index contributed by atoms with van der Waals surface area (Å²) in [6, 6.07) is 10.3. The molecule has 0 aliphatic carbocycles. The lowest BCUT2D eigenvalue weighted by molar-refractivity contribution is -0.113. The fourth-order valence-corrected chi connectivity index (χ4v) is 2.30. The van der Waals surface area contributed by atoms with E-state index in [1.54, 1.807) is 24.4 Å². The Kier molecular flexibility index (Phi) is 4.91. The fraction of sp³-hybridized carbons (Fsp3) is 0.0714. The molecule has 0 saturated heterocycles. The molecule has 0 atom stereocenters. The molecule has 7 nitrogen and oxygen atoms in total. The van der Waals surface area contributed by atoms with Crippen molar-refractivity contribution < 1.29 is 4.79 Å². The highest BCUT2D eigenvalue weighted by atomic mass is 32.2. The second-order valence-electron chi connectivity index (χ2n) is 4.05. The van der Waals surface area contributed by atoms with E-state index in [1.165, 1.54) is 6.07 Å². The summed E-state index contributed by atoms with van der Waals surface area (Å²) < 4.78 is 0. The van der Waals surface area contributed by atoms with Gasteiger partial charge in [0.1, 0.15) is 28.8 Å². The number of nitriles is 2. The van der Waals surface area contributed by atoms with E-state index in [4.69, 9.17) is 16.3 Å². The molecule has 2 aromatic heterocycles. The van der Waals surface area contributed by atoms with Crippen molar-refractivity contribution in [3.8, 4) is 12.1 Å². The maximum atomic E-state index is 11.8.